The van der Waals surface area contributed by atoms with E-state index < -0.39 is 0 Å². The standard InChI is InChI=1S/C14H18N4O2/c1-12-9-15-16-18(12)11-14(20)17(7-8-19)10-13-5-3-2-4-6-13/h2-6,9,19H,7-8,10-11H2,1H3. The number of carbonyl (C=O) groups excluding carboxylic acids is 1. The molecule has 2 aromatic rings. The summed E-state index contributed by atoms with van der Waals surface area (Å²) in [6.45, 7) is 2.71. The first-order valence-corrected chi connectivity index (χ1v) is 6.48. The minimum Gasteiger partial charge on any atom is -0.395 e. The highest BCUT2D eigenvalue weighted by Crippen LogP contribution is 2.06. The molecular formula is C14H18N4O2. The van der Waals surface area contributed by atoms with Crippen LogP contribution >= 0.6 is 0 Å². The number of aliphatic hydroxyl groups excluding tert-OH is 1. The van der Waals surface area contributed by atoms with Crippen molar-refractivity contribution in [3.63, 3.8) is 0 Å². The van der Waals surface area contributed by atoms with Crippen LogP contribution in [0.5, 0.6) is 0 Å². The van der Waals surface area contributed by atoms with Gasteiger partial charge in [-0.2, -0.15) is 0 Å². The number of aliphatic hydroxyl groups is 1. The number of amides is 1. The average Bonchev–Trinajstić information content (AvgIpc) is 2.85. The summed E-state index contributed by atoms with van der Waals surface area (Å²) in [6.07, 6.45) is 1.61. The Bertz CT molecular complexity index is 553. The van der Waals surface area contributed by atoms with Crippen LogP contribution in [-0.4, -0.2) is 44.1 Å². The zero-order valence-corrected chi connectivity index (χ0v) is 11.4. The molecule has 0 spiro atoms. The third-order valence-corrected chi connectivity index (χ3v) is 3.04. The Hall–Kier alpha value is -2.21. The van der Waals surface area contributed by atoms with Crippen LogP contribution in [0.2, 0.25) is 0 Å². The monoisotopic (exact) mass is 274 g/mol. The van der Waals surface area contributed by atoms with Crippen LogP contribution in [0.25, 0.3) is 0 Å². The molecule has 1 aromatic carbocycles. The van der Waals surface area contributed by atoms with Gasteiger partial charge in [-0.3, -0.25) is 4.79 Å². The summed E-state index contributed by atoms with van der Waals surface area (Å²) in [7, 11) is 0. The fraction of sp³-hybridized carbons (Fsp3) is 0.357. The summed E-state index contributed by atoms with van der Waals surface area (Å²) >= 11 is 0. The molecule has 0 bridgehead atoms. The SMILES string of the molecule is Cc1cnnn1CC(=O)N(CCO)Cc1ccccc1. The second-order valence-electron chi connectivity index (χ2n) is 4.56. The third kappa shape index (κ3) is 3.64. The van der Waals surface area contributed by atoms with Gasteiger partial charge in [-0.1, -0.05) is 35.5 Å². The van der Waals surface area contributed by atoms with Gasteiger partial charge >= 0.3 is 0 Å². The molecule has 1 amide bonds. The first kappa shape index (κ1) is 14.2. The zero-order valence-electron chi connectivity index (χ0n) is 11.4. The van der Waals surface area contributed by atoms with Crippen molar-refractivity contribution in [2.75, 3.05) is 13.2 Å². The summed E-state index contributed by atoms with van der Waals surface area (Å²) in [5, 5.41) is 16.7. The second-order valence-corrected chi connectivity index (χ2v) is 4.56. The van der Waals surface area contributed by atoms with E-state index in [1.807, 2.05) is 37.3 Å². The lowest BCUT2D eigenvalue weighted by molar-refractivity contribution is -0.133. The van der Waals surface area contributed by atoms with Crippen molar-refractivity contribution >= 4 is 5.91 Å². The van der Waals surface area contributed by atoms with Crippen LogP contribution in [0.3, 0.4) is 0 Å². The molecule has 0 aliphatic carbocycles. The highest BCUT2D eigenvalue weighted by atomic mass is 16.3. The maximum atomic E-state index is 12.3. The number of aromatic nitrogens is 3. The van der Waals surface area contributed by atoms with Gasteiger partial charge < -0.3 is 10.0 Å². The number of rotatable bonds is 6. The van der Waals surface area contributed by atoms with Crippen LogP contribution in [0, 0.1) is 6.92 Å². The van der Waals surface area contributed by atoms with Crippen molar-refractivity contribution in [1.29, 1.82) is 0 Å². The summed E-state index contributed by atoms with van der Waals surface area (Å²) in [5.74, 6) is -0.0866. The molecule has 0 radical (unpaired) electrons. The Morgan fingerprint density at radius 2 is 2.10 bits per heavy atom. The number of nitrogens with zero attached hydrogens (tertiary/aromatic N) is 4. The fourth-order valence-electron chi connectivity index (χ4n) is 1.91. The van der Waals surface area contributed by atoms with Gasteiger partial charge in [0.05, 0.1) is 18.5 Å². The Morgan fingerprint density at radius 3 is 2.70 bits per heavy atom. The van der Waals surface area contributed by atoms with Gasteiger partial charge in [0.15, 0.2) is 0 Å². The van der Waals surface area contributed by atoms with Crippen molar-refractivity contribution in [3.05, 3.63) is 47.8 Å². The van der Waals surface area contributed by atoms with Gasteiger partial charge in [-0.25, -0.2) is 4.68 Å². The van der Waals surface area contributed by atoms with Gasteiger partial charge in [0.1, 0.15) is 6.54 Å². The van der Waals surface area contributed by atoms with E-state index in [1.54, 1.807) is 15.8 Å². The lowest BCUT2D eigenvalue weighted by atomic mass is 10.2. The van der Waals surface area contributed by atoms with Gasteiger partial charge in [0.25, 0.3) is 0 Å². The Kier molecular flexibility index (Phi) is 4.84. The van der Waals surface area contributed by atoms with E-state index in [1.165, 1.54) is 0 Å². The van der Waals surface area contributed by atoms with E-state index in [2.05, 4.69) is 10.3 Å². The van der Waals surface area contributed by atoms with Crippen LogP contribution in [0.15, 0.2) is 36.5 Å². The van der Waals surface area contributed by atoms with Gasteiger partial charge in [-0.15, -0.1) is 5.10 Å². The number of benzene rings is 1. The molecule has 6 heteroatoms. The molecule has 0 atom stereocenters. The smallest absolute Gasteiger partial charge is 0.244 e. The third-order valence-electron chi connectivity index (χ3n) is 3.04. The van der Waals surface area contributed by atoms with Crippen LogP contribution in [0.1, 0.15) is 11.3 Å². The zero-order chi connectivity index (χ0) is 14.4. The van der Waals surface area contributed by atoms with E-state index in [9.17, 15) is 4.79 Å². The van der Waals surface area contributed by atoms with Crippen molar-refractivity contribution in [3.8, 4) is 0 Å². The maximum Gasteiger partial charge on any atom is 0.244 e. The summed E-state index contributed by atoms with van der Waals surface area (Å²) < 4.78 is 1.55. The molecule has 106 valence electrons. The molecule has 0 aliphatic rings. The molecule has 0 fully saturated rings. The van der Waals surface area contributed by atoms with Crippen molar-refractivity contribution in [2.24, 2.45) is 0 Å². The fourth-order valence-corrected chi connectivity index (χ4v) is 1.91. The quantitative estimate of drug-likeness (QED) is 0.837. The van der Waals surface area contributed by atoms with Crippen LogP contribution < -0.4 is 0 Å². The highest BCUT2D eigenvalue weighted by Gasteiger charge is 2.15. The largest absolute Gasteiger partial charge is 0.395 e. The Morgan fingerprint density at radius 1 is 1.35 bits per heavy atom. The molecular weight excluding hydrogens is 256 g/mol. The molecule has 1 heterocycles. The van der Waals surface area contributed by atoms with Gasteiger partial charge in [0.2, 0.25) is 5.91 Å². The molecule has 20 heavy (non-hydrogen) atoms. The first-order chi connectivity index (χ1) is 9.70. The topological polar surface area (TPSA) is 71.2 Å². The van der Waals surface area contributed by atoms with E-state index in [0.717, 1.165) is 11.3 Å². The van der Waals surface area contributed by atoms with Crippen molar-refractivity contribution in [2.45, 2.75) is 20.0 Å². The minimum absolute atomic E-state index is 0.0606. The summed E-state index contributed by atoms with van der Waals surface area (Å²) in [4.78, 5) is 13.9. The first-order valence-electron chi connectivity index (χ1n) is 6.48. The molecule has 0 saturated heterocycles. The number of hydrogen-bond donors (Lipinski definition) is 1. The average molecular weight is 274 g/mol. The molecule has 1 N–H and O–H groups in total. The van der Waals surface area contributed by atoms with Crippen LogP contribution in [-0.2, 0) is 17.9 Å². The Labute approximate surface area is 117 Å². The number of aryl methyl sites for hydroxylation is 1. The van der Waals surface area contributed by atoms with E-state index in [0.29, 0.717) is 13.1 Å². The van der Waals surface area contributed by atoms with Crippen molar-refractivity contribution < 1.29 is 9.90 Å². The maximum absolute atomic E-state index is 12.3. The minimum atomic E-state index is -0.0866. The normalized spacial score (nSPS) is 10.5. The van der Waals surface area contributed by atoms with E-state index in [-0.39, 0.29) is 19.1 Å². The number of hydrogen-bond acceptors (Lipinski definition) is 4. The molecule has 0 saturated carbocycles. The number of carbonyl (C=O) groups is 1. The van der Waals surface area contributed by atoms with E-state index in [4.69, 9.17) is 5.11 Å². The molecule has 0 aliphatic heterocycles. The molecule has 2 rings (SSSR count). The predicted molar refractivity (Wildman–Crippen MR) is 73.7 cm³/mol. The van der Waals surface area contributed by atoms with Gasteiger partial charge in [0, 0.05) is 13.1 Å². The van der Waals surface area contributed by atoms with Gasteiger partial charge in [-0.05, 0) is 12.5 Å². The lowest BCUT2D eigenvalue weighted by Crippen LogP contribution is -2.36. The molecule has 1 aromatic heterocycles. The second kappa shape index (κ2) is 6.81. The predicted octanol–water partition coefficient (Wildman–Crippen LogP) is 0.608. The lowest BCUT2D eigenvalue weighted by Gasteiger charge is -2.22. The molecule has 6 nitrogen and oxygen atoms in total. The highest BCUT2D eigenvalue weighted by molar-refractivity contribution is 5.76. The Balaban J connectivity index is 2.04. The molecule has 0 unspecified atom stereocenters. The van der Waals surface area contributed by atoms with Crippen LogP contribution in [0.4, 0.5) is 0 Å². The summed E-state index contributed by atoms with van der Waals surface area (Å²) in [6, 6.07) is 9.70. The van der Waals surface area contributed by atoms with Crippen molar-refractivity contribution in [1.82, 2.24) is 19.9 Å². The van der Waals surface area contributed by atoms with E-state index >= 15 is 0 Å². The summed E-state index contributed by atoms with van der Waals surface area (Å²) in [5.41, 5.74) is 1.87.